The zero-order valence-electron chi connectivity index (χ0n) is 14.9. The second kappa shape index (κ2) is 7.98. The van der Waals surface area contributed by atoms with E-state index in [-0.39, 0.29) is 5.91 Å². The van der Waals surface area contributed by atoms with Crippen molar-refractivity contribution < 1.29 is 19.0 Å². The van der Waals surface area contributed by atoms with Gasteiger partial charge >= 0.3 is 0 Å². The van der Waals surface area contributed by atoms with E-state index in [4.69, 9.17) is 25.8 Å². The number of halogens is 1. The molecule has 2 aromatic rings. The van der Waals surface area contributed by atoms with E-state index in [9.17, 15) is 4.79 Å². The zero-order valence-corrected chi connectivity index (χ0v) is 15.6. The predicted molar refractivity (Wildman–Crippen MR) is 101 cm³/mol. The van der Waals surface area contributed by atoms with Crippen molar-refractivity contribution in [3.63, 3.8) is 0 Å². The Morgan fingerprint density at radius 3 is 2.38 bits per heavy atom. The molecule has 1 aliphatic heterocycles. The average Bonchev–Trinajstić information content (AvgIpc) is 2.69. The second-order valence-corrected chi connectivity index (χ2v) is 6.66. The van der Waals surface area contributed by atoms with Crippen molar-refractivity contribution in [3.8, 4) is 11.5 Å². The van der Waals surface area contributed by atoms with E-state index in [1.807, 2.05) is 24.3 Å². The van der Waals surface area contributed by atoms with Crippen molar-refractivity contribution in [3.05, 3.63) is 53.1 Å². The first-order valence-electron chi connectivity index (χ1n) is 8.46. The highest BCUT2D eigenvalue weighted by molar-refractivity contribution is 6.30. The quantitative estimate of drug-likeness (QED) is 0.856. The molecule has 0 spiro atoms. The highest BCUT2D eigenvalue weighted by Gasteiger charge is 2.42. The minimum Gasteiger partial charge on any atom is -0.497 e. The lowest BCUT2D eigenvalue weighted by atomic mass is 9.73. The molecule has 0 saturated carbocycles. The molecule has 2 aromatic carbocycles. The molecule has 1 fully saturated rings. The lowest BCUT2D eigenvalue weighted by Crippen LogP contribution is -2.44. The monoisotopic (exact) mass is 375 g/mol. The van der Waals surface area contributed by atoms with Gasteiger partial charge in [0.2, 0.25) is 5.91 Å². The van der Waals surface area contributed by atoms with Gasteiger partial charge < -0.3 is 19.5 Å². The number of ether oxygens (including phenoxy) is 3. The molecule has 5 nitrogen and oxygen atoms in total. The van der Waals surface area contributed by atoms with E-state index in [0.717, 1.165) is 5.56 Å². The number of anilines is 1. The van der Waals surface area contributed by atoms with E-state index in [0.29, 0.717) is 48.3 Å². The molecule has 1 amide bonds. The highest BCUT2D eigenvalue weighted by Crippen LogP contribution is 2.38. The number of benzene rings is 2. The molecule has 1 N–H and O–H groups in total. The van der Waals surface area contributed by atoms with Gasteiger partial charge in [0.25, 0.3) is 0 Å². The third-order valence-corrected chi connectivity index (χ3v) is 5.09. The van der Waals surface area contributed by atoms with Crippen LogP contribution in [0.15, 0.2) is 42.5 Å². The van der Waals surface area contributed by atoms with Gasteiger partial charge in [0.05, 0.1) is 25.3 Å². The minimum atomic E-state index is -0.659. The van der Waals surface area contributed by atoms with Crippen molar-refractivity contribution in [2.45, 2.75) is 18.3 Å². The van der Waals surface area contributed by atoms with Crippen LogP contribution in [0.5, 0.6) is 11.5 Å². The number of rotatable bonds is 5. The normalized spacial score (nSPS) is 16.0. The van der Waals surface area contributed by atoms with Crippen LogP contribution in [0, 0.1) is 0 Å². The first kappa shape index (κ1) is 18.5. The molecule has 0 unspecified atom stereocenters. The summed E-state index contributed by atoms with van der Waals surface area (Å²) in [5.41, 5.74) is 0.890. The van der Waals surface area contributed by atoms with Gasteiger partial charge in [0, 0.05) is 24.3 Å². The number of methoxy groups -OCH3 is 2. The summed E-state index contributed by atoms with van der Waals surface area (Å²) >= 11 is 6.02. The summed E-state index contributed by atoms with van der Waals surface area (Å²) in [7, 11) is 3.15. The first-order valence-corrected chi connectivity index (χ1v) is 8.84. The first-order chi connectivity index (χ1) is 12.6. The number of nitrogens with one attached hydrogen (secondary N) is 1. The van der Waals surface area contributed by atoms with Crippen LogP contribution in [0.25, 0.3) is 0 Å². The minimum absolute atomic E-state index is 0.0772. The Balaban J connectivity index is 1.93. The van der Waals surface area contributed by atoms with Crippen LogP contribution < -0.4 is 14.8 Å². The van der Waals surface area contributed by atoms with Gasteiger partial charge in [-0.05, 0) is 42.7 Å². The number of carbonyl (C=O) groups excluding carboxylic acids is 1. The maximum Gasteiger partial charge on any atom is 0.235 e. The molecule has 3 rings (SSSR count). The molecule has 0 bridgehead atoms. The summed E-state index contributed by atoms with van der Waals surface area (Å²) in [6, 6.07) is 12.8. The molecule has 0 atom stereocenters. The lowest BCUT2D eigenvalue weighted by Gasteiger charge is -2.36. The number of amides is 1. The fourth-order valence-electron chi connectivity index (χ4n) is 3.28. The molecule has 0 aliphatic carbocycles. The summed E-state index contributed by atoms with van der Waals surface area (Å²) in [6.07, 6.45) is 1.22. The maximum absolute atomic E-state index is 13.3. The molecular formula is C20H22ClNO4. The smallest absolute Gasteiger partial charge is 0.235 e. The molecule has 6 heteroatoms. The highest BCUT2D eigenvalue weighted by atomic mass is 35.5. The summed E-state index contributed by atoms with van der Waals surface area (Å²) in [5, 5.41) is 3.67. The van der Waals surface area contributed by atoms with E-state index < -0.39 is 5.41 Å². The van der Waals surface area contributed by atoms with Crippen molar-refractivity contribution in [2.24, 2.45) is 0 Å². The predicted octanol–water partition coefficient (Wildman–Crippen LogP) is 4.04. The van der Waals surface area contributed by atoms with Gasteiger partial charge in [-0.25, -0.2) is 0 Å². The Bertz CT molecular complexity index is 770. The standard InChI is InChI=1S/C20H22ClNO4/c1-24-16-7-8-17(18(13-16)25-2)22-19(23)20(9-11-26-12-10-20)14-3-5-15(21)6-4-14/h3-8,13H,9-12H2,1-2H3,(H,22,23). The third kappa shape index (κ3) is 3.64. The molecule has 26 heavy (non-hydrogen) atoms. The topological polar surface area (TPSA) is 56.8 Å². The van der Waals surface area contributed by atoms with Crippen LogP contribution >= 0.6 is 11.6 Å². The van der Waals surface area contributed by atoms with Crippen molar-refractivity contribution in [1.29, 1.82) is 0 Å². The van der Waals surface area contributed by atoms with E-state index >= 15 is 0 Å². The number of carbonyl (C=O) groups is 1. The summed E-state index contributed by atoms with van der Waals surface area (Å²) in [5.74, 6) is 1.14. The SMILES string of the molecule is COc1ccc(NC(=O)C2(c3ccc(Cl)cc3)CCOCC2)c(OC)c1. The molecule has 1 saturated heterocycles. The van der Waals surface area contributed by atoms with Crippen LogP contribution in [0.1, 0.15) is 18.4 Å². The summed E-state index contributed by atoms with van der Waals surface area (Å²) in [4.78, 5) is 13.3. The van der Waals surface area contributed by atoms with Gasteiger partial charge in [0.1, 0.15) is 11.5 Å². The molecule has 138 valence electrons. The largest absolute Gasteiger partial charge is 0.497 e. The van der Waals surface area contributed by atoms with Gasteiger partial charge in [-0.2, -0.15) is 0 Å². The van der Waals surface area contributed by atoms with Crippen LogP contribution in [-0.4, -0.2) is 33.3 Å². The number of hydrogen-bond donors (Lipinski definition) is 1. The Morgan fingerprint density at radius 2 is 1.77 bits per heavy atom. The molecule has 1 heterocycles. The van der Waals surface area contributed by atoms with Gasteiger partial charge in [0.15, 0.2) is 0 Å². The van der Waals surface area contributed by atoms with Gasteiger partial charge in [-0.1, -0.05) is 23.7 Å². The number of hydrogen-bond acceptors (Lipinski definition) is 4. The Kier molecular flexibility index (Phi) is 5.69. The lowest BCUT2D eigenvalue weighted by molar-refractivity contribution is -0.125. The summed E-state index contributed by atoms with van der Waals surface area (Å²) < 4.78 is 16.1. The van der Waals surface area contributed by atoms with E-state index in [1.54, 1.807) is 32.4 Å². The van der Waals surface area contributed by atoms with Crippen LogP contribution in [-0.2, 0) is 14.9 Å². The summed E-state index contributed by atoms with van der Waals surface area (Å²) in [6.45, 7) is 1.07. The zero-order chi connectivity index (χ0) is 18.6. The van der Waals surface area contributed by atoms with Gasteiger partial charge in [-0.15, -0.1) is 0 Å². The third-order valence-electron chi connectivity index (χ3n) is 4.83. The second-order valence-electron chi connectivity index (χ2n) is 6.22. The molecular weight excluding hydrogens is 354 g/mol. The van der Waals surface area contributed by atoms with Crippen LogP contribution in [0.3, 0.4) is 0 Å². The fourth-order valence-corrected chi connectivity index (χ4v) is 3.41. The Hall–Kier alpha value is -2.24. The van der Waals surface area contributed by atoms with Gasteiger partial charge in [-0.3, -0.25) is 4.79 Å². The van der Waals surface area contributed by atoms with Crippen molar-refractivity contribution in [2.75, 3.05) is 32.8 Å². The Morgan fingerprint density at radius 1 is 1.08 bits per heavy atom. The van der Waals surface area contributed by atoms with E-state index in [2.05, 4.69) is 5.32 Å². The van der Waals surface area contributed by atoms with Crippen LogP contribution in [0.2, 0.25) is 5.02 Å². The van der Waals surface area contributed by atoms with E-state index in [1.165, 1.54) is 0 Å². The maximum atomic E-state index is 13.3. The molecule has 0 radical (unpaired) electrons. The molecule has 0 aromatic heterocycles. The van der Waals surface area contributed by atoms with Crippen LogP contribution in [0.4, 0.5) is 5.69 Å². The van der Waals surface area contributed by atoms with Crippen molar-refractivity contribution in [1.82, 2.24) is 0 Å². The fraction of sp³-hybridized carbons (Fsp3) is 0.350. The van der Waals surface area contributed by atoms with Crippen molar-refractivity contribution >= 4 is 23.2 Å². The molecule has 1 aliphatic rings. The Labute approximate surface area is 158 Å². The average molecular weight is 376 g/mol.